The first-order chi connectivity index (χ1) is 5.74. The Balaban J connectivity index is 2.29. The lowest BCUT2D eigenvalue weighted by molar-refractivity contribution is -0.0166. The van der Waals surface area contributed by atoms with Crippen LogP contribution in [0.5, 0.6) is 0 Å². The van der Waals surface area contributed by atoms with Crippen molar-refractivity contribution in [3.63, 3.8) is 0 Å². The highest BCUT2D eigenvalue weighted by molar-refractivity contribution is 6.20. The van der Waals surface area contributed by atoms with Gasteiger partial charge in [0.25, 0.3) is 0 Å². The molecule has 0 saturated carbocycles. The Morgan fingerprint density at radius 3 is 2.92 bits per heavy atom. The van der Waals surface area contributed by atoms with Gasteiger partial charge < -0.3 is 4.74 Å². The molecule has 0 amide bonds. The van der Waals surface area contributed by atoms with Gasteiger partial charge in [0.05, 0.1) is 6.10 Å². The van der Waals surface area contributed by atoms with Crippen molar-refractivity contribution in [1.29, 1.82) is 0 Å². The summed E-state index contributed by atoms with van der Waals surface area (Å²) in [6.45, 7) is 5.34. The lowest BCUT2D eigenvalue weighted by Gasteiger charge is -2.30. The Hall–Kier alpha value is 0.250. The fourth-order valence-electron chi connectivity index (χ4n) is 1.82. The standard InChI is InChI=1S/C10H19ClO/c1-3-4-8(2)10-7-9(11)5-6-12-10/h8-10H,3-7H2,1-2H3. The largest absolute Gasteiger partial charge is 0.378 e. The summed E-state index contributed by atoms with van der Waals surface area (Å²) in [4.78, 5) is 0. The highest BCUT2D eigenvalue weighted by Gasteiger charge is 2.24. The van der Waals surface area contributed by atoms with Crippen molar-refractivity contribution in [2.45, 2.75) is 51.0 Å². The average molecular weight is 191 g/mol. The minimum Gasteiger partial charge on any atom is -0.378 e. The predicted octanol–water partition coefficient (Wildman–Crippen LogP) is 3.21. The molecule has 72 valence electrons. The maximum Gasteiger partial charge on any atom is 0.0614 e. The van der Waals surface area contributed by atoms with Crippen LogP contribution in [-0.2, 0) is 4.74 Å². The number of halogens is 1. The molecule has 1 aliphatic rings. The number of hydrogen-bond donors (Lipinski definition) is 0. The van der Waals surface area contributed by atoms with Crippen molar-refractivity contribution in [2.75, 3.05) is 6.61 Å². The van der Waals surface area contributed by atoms with Gasteiger partial charge in [-0.15, -0.1) is 11.6 Å². The second-order valence-corrected chi connectivity index (χ2v) is 4.41. The molecule has 0 spiro atoms. The van der Waals surface area contributed by atoms with Crippen molar-refractivity contribution >= 4 is 11.6 Å². The van der Waals surface area contributed by atoms with Gasteiger partial charge in [-0.3, -0.25) is 0 Å². The second kappa shape index (κ2) is 5.08. The van der Waals surface area contributed by atoms with Crippen LogP contribution in [0.2, 0.25) is 0 Å². The Kier molecular flexibility index (Phi) is 4.38. The zero-order chi connectivity index (χ0) is 8.97. The topological polar surface area (TPSA) is 9.23 Å². The lowest BCUT2D eigenvalue weighted by Crippen LogP contribution is -2.31. The van der Waals surface area contributed by atoms with E-state index in [1.165, 1.54) is 12.8 Å². The monoisotopic (exact) mass is 190 g/mol. The summed E-state index contributed by atoms with van der Waals surface area (Å²) in [5.74, 6) is 0.677. The summed E-state index contributed by atoms with van der Waals surface area (Å²) < 4.78 is 5.68. The van der Waals surface area contributed by atoms with Crippen molar-refractivity contribution in [2.24, 2.45) is 5.92 Å². The van der Waals surface area contributed by atoms with Crippen LogP contribution in [0.1, 0.15) is 39.5 Å². The summed E-state index contributed by atoms with van der Waals surface area (Å²) in [7, 11) is 0. The smallest absolute Gasteiger partial charge is 0.0614 e. The third-order valence-corrected chi connectivity index (χ3v) is 3.03. The molecule has 1 saturated heterocycles. The minimum absolute atomic E-state index is 0.350. The molecule has 0 aromatic carbocycles. The maximum atomic E-state index is 6.08. The molecule has 0 aromatic heterocycles. The first kappa shape index (κ1) is 10.3. The van der Waals surface area contributed by atoms with Gasteiger partial charge in [0.1, 0.15) is 0 Å². The van der Waals surface area contributed by atoms with E-state index in [0.717, 1.165) is 19.4 Å². The molecule has 1 nitrogen and oxygen atoms in total. The fourth-order valence-corrected chi connectivity index (χ4v) is 2.09. The quantitative estimate of drug-likeness (QED) is 0.621. The van der Waals surface area contributed by atoms with E-state index in [4.69, 9.17) is 16.3 Å². The van der Waals surface area contributed by atoms with E-state index in [-0.39, 0.29) is 0 Å². The van der Waals surface area contributed by atoms with Crippen LogP contribution in [0.3, 0.4) is 0 Å². The molecule has 1 fully saturated rings. The van der Waals surface area contributed by atoms with Crippen LogP contribution in [0.4, 0.5) is 0 Å². The number of rotatable bonds is 3. The summed E-state index contributed by atoms with van der Waals surface area (Å²) >= 11 is 6.08. The van der Waals surface area contributed by atoms with Crippen molar-refractivity contribution in [3.05, 3.63) is 0 Å². The van der Waals surface area contributed by atoms with E-state index in [2.05, 4.69) is 13.8 Å². The van der Waals surface area contributed by atoms with E-state index >= 15 is 0 Å². The Morgan fingerprint density at radius 1 is 1.58 bits per heavy atom. The van der Waals surface area contributed by atoms with Crippen molar-refractivity contribution in [1.82, 2.24) is 0 Å². The Bertz CT molecular complexity index is 127. The Labute approximate surface area is 80.4 Å². The molecule has 12 heavy (non-hydrogen) atoms. The van der Waals surface area contributed by atoms with Crippen molar-refractivity contribution in [3.8, 4) is 0 Å². The molecule has 0 aliphatic carbocycles. The molecule has 0 aromatic rings. The van der Waals surface area contributed by atoms with Gasteiger partial charge in [-0.25, -0.2) is 0 Å². The molecule has 1 rings (SSSR count). The van der Waals surface area contributed by atoms with Crippen LogP contribution in [-0.4, -0.2) is 18.1 Å². The maximum absolute atomic E-state index is 6.08. The van der Waals surface area contributed by atoms with E-state index < -0.39 is 0 Å². The summed E-state index contributed by atoms with van der Waals surface area (Å²) in [5.41, 5.74) is 0. The highest BCUT2D eigenvalue weighted by Crippen LogP contribution is 2.26. The molecule has 3 unspecified atom stereocenters. The van der Waals surface area contributed by atoms with Gasteiger partial charge in [-0.2, -0.15) is 0 Å². The van der Waals surface area contributed by atoms with Gasteiger partial charge >= 0.3 is 0 Å². The second-order valence-electron chi connectivity index (χ2n) is 3.80. The van der Waals surface area contributed by atoms with E-state index in [0.29, 0.717) is 17.4 Å². The molecule has 2 heteroatoms. The average Bonchev–Trinajstić information content (AvgIpc) is 2.05. The molecule has 0 radical (unpaired) electrons. The lowest BCUT2D eigenvalue weighted by atomic mass is 9.93. The third-order valence-electron chi connectivity index (χ3n) is 2.63. The third kappa shape index (κ3) is 2.95. The van der Waals surface area contributed by atoms with Crippen molar-refractivity contribution < 1.29 is 4.74 Å². The molecule has 3 atom stereocenters. The first-order valence-electron chi connectivity index (χ1n) is 4.99. The Morgan fingerprint density at radius 2 is 2.33 bits per heavy atom. The van der Waals surface area contributed by atoms with Crippen LogP contribution < -0.4 is 0 Å². The van der Waals surface area contributed by atoms with Crippen LogP contribution >= 0.6 is 11.6 Å². The molecule has 1 heterocycles. The van der Waals surface area contributed by atoms with Crippen LogP contribution in [0, 0.1) is 5.92 Å². The number of ether oxygens (including phenoxy) is 1. The van der Waals surface area contributed by atoms with E-state index in [9.17, 15) is 0 Å². The zero-order valence-electron chi connectivity index (χ0n) is 8.05. The predicted molar refractivity (Wildman–Crippen MR) is 52.7 cm³/mol. The van der Waals surface area contributed by atoms with Gasteiger partial charge in [0.2, 0.25) is 0 Å². The minimum atomic E-state index is 0.350. The summed E-state index contributed by atoms with van der Waals surface area (Å²) in [5, 5.41) is 0.350. The number of alkyl halides is 1. The SMILES string of the molecule is CCCC(C)C1CC(Cl)CCO1. The molecular formula is C10H19ClO. The number of hydrogen-bond acceptors (Lipinski definition) is 1. The van der Waals surface area contributed by atoms with Crippen LogP contribution in [0.25, 0.3) is 0 Å². The first-order valence-corrected chi connectivity index (χ1v) is 5.43. The van der Waals surface area contributed by atoms with Gasteiger partial charge in [-0.1, -0.05) is 20.3 Å². The molecular weight excluding hydrogens is 172 g/mol. The molecule has 1 aliphatic heterocycles. The summed E-state index contributed by atoms with van der Waals surface area (Å²) in [6, 6.07) is 0. The fraction of sp³-hybridized carbons (Fsp3) is 1.00. The van der Waals surface area contributed by atoms with Gasteiger partial charge in [0, 0.05) is 12.0 Å². The molecule has 0 bridgehead atoms. The van der Waals surface area contributed by atoms with E-state index in [1.807, 2.05) is 0 Å². The van der Waals surface area contributed by atoms with E-state index in [1.54, 1.807) is 0 Å². The normalized spacial score (nSPS) is 33.2. The molecule has 0 N–H and O–H groups in total. The van der Waals surface area contributed by atoms with Gasteiger partial charge in [0.15, 0.2) is 0 Å². The van der Waals surface area contributed by atoms with Gasteiger partial charge in [-0.05, 0) is 25.2 Å². The zero-order valence-corrected chi connectivity index (χ0v) is 8.81. The van der Waals surface area contributed by atoms with Crippen LogP contribution in [0.15, 0.2) is 0 Å². The highest BCUT2D eigenvalue weighted by atomic mass is 35.5. The summed E-state index contributed by atoms with van der Waals surface area (Å²) in [6.07, 6.45) is 4.99.